The van der Waals surface area contributed by atoms with Gasteiger partial charge in [-0.05, 0) is 36.4 Å². The van der Waals surface area contributed by atoms with Crippen LogP contribution >= 0.6 is 0 Å². The quantitative estimate of drug-likeness (QED) is 0.849. The van der Waals surface area contributed by atoms with E-state index in [0.29, 0.717) is 17.2 Å². The van der Waals surface area contributed by atoms with E-state index in [1.165, 1.54) is 20.2 Å². The van der Waals surface area contributed by atoms with E-state index >= 15 is 0 Å². The molecule has 0 aliphatic heterocycles. The molecule has 2 N–H and O–H groups in total. The highest BCUT2D eigenvalue weighted by Gasteiger charge is 2.21. The van der Waals surface area contributed by atoms with Gasteiger partial charge in [0.25, 0.3) is 10.0 Å². The molecule has 7 heteroatoms. The number of nitrogens with zero attached hydrogens (tertiary/aromatic N) is 1. The van der Waals surface area contributed by atoms with Crippen LogP contribution in [-0.4, -0.2) is 26.8 Å². The molecular formula is C13H16N2O4S. The molecule has 6 nitrogen and oxygen atoms in total. The molecule has 20 heavy (non-hydrogen) atoms. The number of hydrogen-bond acceptors (Lipinski definition) is 5. The molecule has 2 rings (SSSR count). The summed E-state index contributed by atoms with van der Waals surface area (Å²) in [6.45, 7) is 0.146. The molecule has 0 aliphatic rings. The lowest BCUT2D eigenvalue weighted by Crippen LogP contribution is -2.21. The van der Waals surface area contributed by atoms with Gasteiger partial charge in [-0.1, -0.05) is 0 Å². The molecule has 1 heterocycles. The predicted octanol–water partition coefficient (Wildman–Crippen LogP) is 1.69. The van der Waals surface area contributed by atoms with Gasteiger partial charge in [0, 0.05) is 19.8 Å². The van der Waals surface area contributed by atoms with E-state index in [4.69, 9.17) is 14.9 Å². The minimum Gasteiger partial charge on any atom is -0.486 e. The molecule has 0 unspecified atom stereocenters. The summed E-state index contributed by atoms with van der Waals surface area (Å²) in [7, 11) is -0.656. The first kappa shape index (κ1) is 14.4. The Morgan fingerprint density at radius 1 is 1.15 bits per heavy atom. The van der Waals surface area contributed by atoms with Crippen molar-refractivity contribution in [3.05, 3.63) is 42.2 Å². The highest BCUT2D eigenvalue weighted by atomic mass is 32.2. The number of rotatable bonds is 5. The van der Waals surface area contributed by atoms with Crippen LogP contribution in [0.5, 0.6) is 5.75 Å². The maximum absolute atomic E-state index is 11.8. The van der Waals surface area contributed by atoms with Crippen LogP contribution in [0.3, 0.4) is 0 Å². The lowest BCUT2D eigenvalue weighted by atomic mass is 10.3. The maximum atomic E-state index is 11.8. The molecule has 1 aromatic carbocycles. The van der Waals surface area contributed by atoms with Gasteiger partial charge in [0.05, 0.1) is 0 Å². The van der Waals surface area contributed by atoms with Crippen LogP contribution in [0.4, 0.5) is 5.69 Å². The Labute approximate surface area is 117 Å². The van der Waals surface area contributed by atoms with Gasteiger partial charge in [-0.3, -0.25) is 0 Å². The lowest BCUT2D eigenvalue weighted by Gasteiger charge is -2.08. The molecule has 0 spiro atoms. The fourth-order valence-electron chi connectivity index (χ4n) is 1.47. The molecule has 0 bridgehead atoms. The molecule has 2 aromatic rings. The van der Waals surface area contributed by atoms with Crippen LogP contribution in [0.1, 0.15) is 5.76 Å². The summed E-state index contributed by atoms with van der Waals surface area (Å²) in [5.41, 5.74) is 6.22. The van der Waals surface area contributed by atoms with Gasteiger partial charge in [-0.15, -0.1) is 0 Å². The number of ether oxygens (including phenoxy) is 1. The fraction of sp³-hybridized carbons (Fsp3) is 0.231. The molecule has 108 valence electrons. The van der Waals surface area contributed by atoms with E-state index in [1.807, 2.05) is 0 Å². The molecule has 0 aliphatic carbocycles. The summed E-state index contributed by atoms with van der Waals surface area (Å²) in [6, 6.07) is 9.90. The first-order valence-electron chi connectivity index (χ1n) is 5.89. The summed E-state index contributed by atoms with van der Waals surface area (Å²) in [4.78, 5) is 0. The summed E-state index contributed by atoms with van der Waals surface area (Å²) in [6.07, 6.45) is 0. The zero-order chi connectivity index (χ0) is 14.8. The van der Waals surface area contributed by atoms with Gasteiger partial charge in [0.2, 0.25) is 5.09 Å². The standard InChI is InChI=1S/C13H16N2O4S/c1-15(2)20(16,17)13-8-7-12(19-13)9-18-11-5-3-10(14)4-6-11/h3-8H,9,14H2,1-2H3. The average Bonchev–Trinajstić information content (AvgIpc) is 2.87. The summed E-state index contributed by atoms with van der Waals surface area (Å²) < 4.78 is 35.5. The van der Waals surface area contributed by atoms with Crippen LogP contribution in [-0.2, 0) is 16.6 Å². The van der Waals surface area contributed by atoms with Crippen molar-refractivity contribution in [1.82, 2.24) is 4.31 Å². The van der Waals surface area contributed by atoms with Gasteiger partial charge in [-0.25, -0.2) is 12.7 Å². The summed E-state index contributed by atoms with van der Waals surface area (Å²) >= 11 is 0. The number of benzene rings is 1. The van der Waals surface area contributed by atoms with Crippen molar-refractivity contribution in [3.8, 4) is 5.75 Å². The third-order valence-electron chi connectivity index (χ3n) is 2.63. The second-order valence-corrected chi connectivity index (χ2v) is 6.45. The van der Waals surface area contributed by atoms with Crippen molar-refractivity contribution in [2.24, 2.45) is 0 Å². The molecule has 0 saturated heterocycles. The Hall–Kier alpha value is -1.99. The minimum atomic E-state index is -3.55. The number of nitrogen functional groups attached to an aromatic ring is 1. The van der Waals surface area contributed by atoms with Crippen LogP contribution in [0.15, 0.2) is 45.9 Å². The summed E-state index contributed by atoms with van der Waals surface area (Å²) in [5.74, 6) is 1.06. The summed E-state index contributed by atoms with van der Waals surface area (Å²) in [5, 5.41) is -0.0987. The second-order valence-electron chi connectivity index (χ2n) is 4.37. The first-order chi connectivity index (χ1) is 9.39. The Kier molecular flexibility index (Phi) is 4.01. The van der Waals surface area contributed by atoms with Crippen molar-refractivity contribution >= 4 is 15.7 Å². The van der Waals surface area contributed by atoms with Gasteiger partial charge in [-0.2, -0.15) is 0 Å². The van der Waals surface area contributed by atoms with E-state index < -0.39 is 10.0 Å². The van der Waals surface area contributed by atoms with E-state index in [1.54, 1.807) is 30.3 Å². The number of hydrogen-bond donors (Lipinski definition) is 1. The monoisotopic (exact) mass is 296 g/mol. The van der Waals surface area contributed by atoms with Crippen molar-refractivity contribution in [2.45, 2.75) is 11.7 Å². The Morgan fingerprint density at radius 2 is 1.80 bits per heavy atom. The van der Waals surface area contributed by atoms with E-state index in [9.17, 15) is 8.42 Å². The fourth-order valence-corrected chi connectivity index (χ4v) is 2.29. The van der Waals surface area contributed by atoms with Crippen LogP contribution in [0.25, 0.3) is 0 Å². The SMILES string of the molecule is CN(C)S(=O)(=O)c1ccc(COc2ccc(N)cc2)o1. The third kappa shape index (κ3) is 3.12. The van der Waals surface area contributed by atoms with E-state index in [0.717, 1.165) is 4.31 Å². The van der Waals surface area contributed by atoms with Gasteiger partial charge >= 0.3 is 0 Å². The highest BCUT2D eigenvalue weighted by molar-refractivity contribution is 7.88. The zero-order valence-corrected chi connectivity index (χ0v) is 12.1. The smallest absolute Gasteiger partial charge is 0.275 e. The molecule has 1 aromatic heterocycles. The Morgan fingerprint density at radius 3 is 2.40 bits per heavy atom. The second kappa shape index (κ2) is 5.56. The average molecular weight is 296 g/mol. The zero-order valence-electron chi connectivity index (χ0n) is 11.2. The van der Waals surface area contributed by atoms with Crippen molar-refractivity contribution in [1.29, 1.82) is 0 Å². The topological polar surface area (TPSA) is 85.8 Å². The molecule has 0 fully saturated rings. The number of anilines is 1. The van der Waals surface area contributed by atoms with Crippen LogP contribution < -0.4 is 10.5 Å². The Bertz CT molecular complexity index is 675. The van der Waals surface area contributed by atoms with Gasteiger partial charge in [0.1, 0.15) is 18.1 Å². The van der Waals surface area contributed by atoms with Gasteiger partial charge in [0.15, 0.2) is 0 Å². The van der Waals surface area contributed by atoms with Crippen molar-refractivity contribution in [2.75, 3.05) is 19.8 Å². The number of sulfonamides is 1. The van der Waals surface area contributed by atoms with Crippen LogP contribution in [0.2, 0.25) is 0 Å². The van der Waals surface area contributed by atoms with Gasteiger partial charge < -0.3 is 14.9 Å². The Balaban J connectivity index is 2.05. The highest BCUT2D eigenvalue weighted by Crippen LogP contribution is 2.19. The predicted molar refractivity (Wildman–Crippen MR) is 74.8 cm³/mol. The maximum Gasteiger partial charge on any atom is 0.275 e. The molecule has 0 amide bonds. The largest absolute Gasteiger partial charge is 0.486 e. The van der Waals surface area contributed by atoms with Crippen molar-refractivity contribution < 1.29 is 17.6 Å². The molecule has 0 radical (unpaired) electrons. The van der Waals surface area contributed by atoms with Crippen LogP contribution in [0, 0.1) is 0 Å². The molecule has 0 saturated carbocycles. The van der Waals surface area contributed by atoms with E-state index in [2.05, 4.69) is 0 Å². The lowest BCUT2D eigenvalue weighted by molar-refractivity contribution is 0.256. The first-order valence-corrected chi connectivity index (χ1v) is 7.33. The minimum absolute atomic E-state index is 0.0987. The normalized spacial score (nSPS) is 11.8. The number of nitrogens with two attached hydrogens (primary N) is 1. The van der Waals surface area contributed by atoms with E-state index in [-0.39, 0.29) is 11.7 Å². The third-order valence-corrected chi connectivity index (χ3v) is 4.32. The van der Waals surface area contributed by atoms with Crippen molar-refractivity contribution in [3.63, 3.8) is 0 Å². The molecular weight excluding hydrogens is 280 g/mol. The number of furan rings is 1. The molecule has 0 atom stereocenters.